The van der Waals surface area contributed by atoms with Crippen LogP contribution in [0, 0.1) is 18.3 Å². The Morgan fingerprint density at radius 1 is 1.00 bits per heavy atom. The van der Waals surface area contributed by atoms with Gasteiger partial charge in [0, 0.05) is 0 Å². The van der Waals surface area contributed by atoms with Crippen LogP contribution in [-0.4, -0.2) is 15.5 Å². The van der Waals surface area contributed by atoms with Gasteiger partial charge >= 0.3 is 0 Å². The third-order valence-corrected chi connectivity index (χ3v) is 6.10. The largest absolute Gasteiger partial charge is 0.493 e. The van der Waals surface area contributed by atoms with E-state index in [-0.39, 0.29) is 9.80 Å². The van der Waals surface area contributed by atoms with Crippen molar-refractivity contribution in [1.29, 1.82) is 5.26 Å². The zero-order chi connectivity index (χ0) is 21.6. The van der Waals surface area contributed by atoms with Gasteiger partial charge in [-0.2, -0.15) is 5.26 Å². The van der Waals surface area contributed by atoms with Crippen molar-refractivity contribution in [2.24, 2.45) is 0 Å². The van der Waals surface area contributed by atoms with E-state index < -0.39 is 9.84 Å². The van der Waals surface area contributed by atoms with Crippen LogP contribution >= 0.6 is 0 Å². The van der Waals surface area contributed by atoms with Gasteiger partial charge in [0.2, 0.25) is 9.84 Å². The van der Waals surface area contributed by atoms with Crippen LogP contribution in [0.1, 0.15) is 16.7 Å². The maximum absolute atomic E-state index is 12.7. The van der Waals surface area contributed by atoms with Gasteiger partial charge in [-0.25, -0.2) is 8.42 Å². The molecule has 0 fully saturated rings. The second-order valence-electron chi connectivity index (χ2n) is 6.62. The number of methoxy groups -OCH3 is 1. The molecule has 0 amide bonds. The lowest BCUT2D eigenvalue weighted by molar-refractivity contribution is 0.284. The molecule has 30 heavy (non-hydrogen) atoms. The van der Waals surface area contributed by atoms with Crippen LogP contribution in [0.25, 0.3) is 6.08 Å². The molecule has 0 atom stereocenters. The second-order valence-corrected chi connectivity index (χ2v) is 8.54. The fourth-order valence-electron chi connectivity index (χ4n) is 2.90. The summed E-state index contributed by atoms with van der Waals surface area (Å²) in [4.78, 5) is -0.271. The molecule has 152 valence electrons. The number of sulfone groups is 1. The number of hydrogen-bond donors (Lipinski definition) is 0. The van der Waals surface area contributed by atoms with Gasteiger partial charge in [-0.05, 0) is 48.4 Å². The van der Waals surface area contributed by atoms with Crippen molar-refractivity contribution in [1.82, 2.24) is 0 Å². The zero-order valence-electron chi connectivity index (χ0n) is 16.7. The molecular formula is C24H21NO4S. The van der Waals surface area contributed by atoms with Gasteiger partial charge in [0.05, 0.1) is 12.0 Å². The van der Waals surface area contributed by atoms with Gasteiger partial charge in [0.25, 0.3) is 0 Å². The Balaban J connectivity index is 1.87. The van der Waals surface area contributed by atoms with E-state index in [0.29, 0.717) is 23.7 Å². The van der Waals surface area contributed by atoms with Gasteiger partial charge in [-0.15, -0.1) is 0 Å². The Labute approximate surface area is 176 Å². The Bertz CT molecular complexity index is 1210. The summed E-state index contributed by atoms with van der Waals surface area (Å²) in [5.74, 6) is 0.978. The minimum absolute atomic E-state index is 0.0721. The molecule has 0 heterocycles. The van der Waals surface area contributed by atoms with Crippen LogP contribution in [0.4, 0.5) is 0 Å². The van der Waals surface area contributed by atoms with E-state index in [2.05, 4.69) is 0 Å². The first kappa shape index (κ1) is 21.2. The van der Waals surface area contributed by atoms with Crippen LogP contribution in [0.3, 0.4) is 0 Å². The van der Waals surface area contributed by atoms with E-state index in [4.69, 9.17) is 9.47 Å². The quantitative estimate of drug-likeness (QED) is 0.508. The summed E-state index contributed by atoms with van der Waals surface area (Å²) in [5.41, 5.74) is 2.69. The summed E-state index contributed by atoms with van der Waals surface area (Å²) in [6.45, 7) is 2.39. The fraction of sp³-hybridized carbons (Fsp3) is 0.125. The van der Waals surface area contributed by atoms with Gasteiger partial charge < -0.3 is 9.47 Å². The molecule has 0 aromatic heterocycles. The van der Waals surface area contributed by atoms with Crippen molar-refractivity contribution < 1.29 is 17.9 Å². The van der Waals surface area contributed by atoms with Crippen molar-refractivity contribution in [3.05, 3.63) is 94.4 Å². The molecule has 3 rings (SSSR count). The Morgan fingerprint density at radius 2 is 1.77 bits per heavy atom. The first-order valence-corrected chi connectivity index (χ1v) is 10.7. The van der Waals surface area contributed by atoms with Crippen molar-refractivity contribution in [2.45, 2.75) is 18.4 Å². The molecule has 0 spiro atoms. The van der Waals surface area contributed by atoms with Crippen LogP contribution in [0.2, 0.25) is 0 Å². The van der Waals surface area contributed by atoms with Gasteiger partial charge in [0.1, 0.15) is 17.6 Å². The lowest BCUT2D eigenvalue weighted by Gasteiger charge is -2.12. The van der Waals surface area contributed by atoms with Crippen LogP contribution in [0.15, 0.2) is 82.6 Å². The molecule has 0 saturated heterocycles. The van der Waals surface area contributed by atoms with Crippen molar-refractivity contribution in [3.63, 3.8) is 0 Å². The molecule has 0 bridgehead atoms. The van der Waals surface area contributed by atoms with E-state index in [1.165, 1.54) is 25.3 Å². The smallest absolute Gasteiger partial charge is 0.216 e. The highest BCUT2D eigenvalue weighted by molar-refractivity contribution is 7.95. The molecule has 0 N–H and O–H groups in total. The number of aryl methyl sites for hydroxylation is 1. The van der Waals surface area contributed by atoms with Crippen LogP contribution in [0.5, 0.6) is 11.5 Å². The molecule has 0 aliphatic carbocycles. The number of hydrogen-bond acceptors (Lipinski definition) is 5. The Hall–Kier alpha value is -3.56. The lowest BCUT2D eigenvalue weighted by Crippen LogP contribution is -2.03. The van der Waals surface area contributed by atoms with Crippen LogP contribution in [-0.2, 0) is 16.4 Å². The lowest BCUT2D eigenvalue weighted by atomic mass is 10.1. The van der Waals surface area contributed by atoms with Crippen molar-refractivity contribution in [2.75, 3.05) is 7.11 Å². The number of nitriles is 1. The van der Waals surface area contributed by atoms with E-state index in [1.54, 1.807) is 42.5 Å². The van der Waals surface area contributed by atoms with Crippen molar-refractivity contribution >= 4 is 15.9 Å². The number of ether oxygens (including phenoxy) is 2. The van der Waals surface area contributed by atoms with Crippen LogP contribution < -0.4 is 9.47 Å². The minimum atomic E-state index is -3.90. The summed E-state index contributed by atoms with van der Waals surface area (Å²) in [5, 5.41) is 9.44. The molecule has 3 aromatic rings. The molecule has 0 aliphatic rings. The first-order valence-electron chi connectivity index (χ1n) is 9.22. The molecule has 0 saturated carbocycles. The summed E-state index contributed by atoms with van der Waals surface area (Å²) in [7, 11) is -2.39. The molecule has 5 nitrogen and oxygen atoms in total. The maximum Gasteiger partial charge on any atom is 0.216 e. The van der Waals surface area contributed by atoms with E-state index in [0.717, 1.165) is 11.1 Å². The molecular weight excluding hydrogens is 398 g/mol. The standard InChI is InChI=1S/C24H21NO4S/c1-18-7-6-8-20(13-18)17-29-23-12-11-19(15-24(23)28-2)14-22(16-25)30(26,27)21-9-4-3-5-10-21/h3-15H,17H2,1-2H3/b22-14-. The summed E-state index contributed by atoms with van der Waals surface area (Å²) >= 11 is 0. The van der Waals surface area contributed by atoms with Gasteiger partial charge in [-0.3, -0.25) is 0 Å². The number of allylic oxidation sites excluding steroid dienone is 1. The summed E-state index contributed by atoms with van der Waals surface area (Å²) < 4.78 is 36.7. The SMILES string of the molecule is COc1cc(/C=C(/C#N)S(=O)(=O)c2ccccc2)ccc1OCc1cccc(C)c1. The fourth-order valence-corrected chi connectivity index (χ4v) is 4.08. The van der Waals surface area contributed by atoms with E-state index in [1.807, 2.05) is 31.2 Å². The second kappa shape index (κ2) is 9.29. The maximum atomic E-state index is 12.7. The third kappa shape index (κ3) is 4.88. The molecule has 6 heteroatoms. The first-order chi connectivity index (χ1) is 14.4. The van der Waals surface area contributed by atoms with Gasteiger partial charge in [-0.1, -0.05) is 54.1 Å². The monoisotopic (exact) mass is 419 g/mol. The van der Waals surface area contributed by atoms with E-state index >= 15 is 0 Å². The molecule has 3 aromatic carbocycles. The topological polar surface area (TPSA) is 76.4 Å². The molecule has 0 radical (unpaired) electrons. The number of nitrogens with zero attached hydrogens (tertiary/aromatic N) is 1. The Kier molecular flexibility index (Phi) is 6.55. The minimum Gasteiger partial charge on any atom is -0.493 e. The number of rotatable bonds is 7. The average Bonchev–Trinajstić information content (AvgIpc) is 2.76. The predicted octanol–water partition coefficient (Wildman–Crippen LogP) is 4.92. The summed E-state index contributed by atoms with van der Waals surface area (Å²) in [6.07, 6.45) is 1.33. The molecule has 0 unspecified atom stereocenters. The predicted molar refractivity (Wildman–Crippen MR) is 116 cm³/mol. The Morgan fingerprint density at radius 3 is 2.43 bits per heavy atom. The normalized spacial score (nSPS) is 11.6. The highest BCUT2D eigenvalue weighted by atomic mass is 32.2. The summed E-state index contributed by atoms with van der Waals surface area (Å²) in [6, 6.07) is 22.7. The zero-order valence-corrected chi connectivity index (χ0v) is 17.5. The molecule has 0 aliphatic heterocycles. The average molecular weight is 420 g/mol. The number of benzene rings is 3. The highest BCUT2D eigenvalue weighted by Crippen LogP contribution is 2.30. The van der Waals surface area contributed by atoms with E-state index in [9.17, 15) is 13.7 Å². The third-order valence-electron chi connectivity index (χ3n) is 4.42. The highest BCUT2D eigenvalue weighted by Gasteiger charge is 2.20. The van der Waals surface area contributed by atoms with Crippen molar-refractivity contribution in [3.8, 4) is 17.6 Å². The van der Waals surface area contributed by atoms with Gasteiger partial charge in [0.15, 0.2) is 11.5 Å².